The maximum atomic E-state index is 13.6. The average molecular weight is 365 g/mol. The SMILES string of the molecule is C=C1Nc2ccc(-c3ccc(F)cc3)cc2C1(C)Cc1cc(F)cc(F)c1. The zero-order valence-corrected chi connectivity index (χ0v) is 14.8. The summed E-state index contributed by atoms with van der Waals surface area (Å²) in [5, 5.41) is 3.28. The highest BCUT2D eigenvalue weighted by atomic mass is 19.1. The summed E-state index contributed by atoms with van der Waals surface area (Å²) in [4.78, 5) is 0. The molecule has 1 aliphatic rings. The maximum absolute atomic E-state index is 13.6. The normalized spacial score (nSPS) is 18.3. The minimum atomic E-state index is -0.592. The van der Waals surface area contributed by atoms with Crippen LogP contribution in [0.5, 0.6) is 0 Å². The number of hydrogen-bond acceptors (Lipinski definition) is 1. The molecule has 0 saturated heterocycles. The minimum absolute atomic E-state index is 0.284. The van der Waals surface area contributed by atoms with E-state index < -0.39 is 17.0 Å². The molecular formula is C23H18F3N. The van der Waals surface area contributed by atoms with Crippen LogP contribution in [-0.4, -0.2) is 0 Å². The highest BCUT2D eigenvalue weighted by Gasteiger charge is 2.38. The second kappa shape index (κ2) is 6.31. The van der Waals surface area contributed by atoms with Crippen LogP contribution in [0.25, 0.3) is 11.1 Å². The van der Waals surface area contributed by atoms with Crippen LogP contribution in [-0.2, 0) is 11.8 Å². The molecule has 0 radical (unpaired) electrons. The second-order valence-corrected chi connectivity index (χ2v) is 7.16. The van der Waals surface area contributed by atoms with E-state index in [2.05, 4.69) is 11.9 Å². The highest BCUT2D eigenvalue weighted by molar-refractivity contribution is 5.75. The molecule has 0 bridgehead atoms. The lowest BCUT2D eigenvalue weighted by Gasteiger charge is -2.26. The number of fused-ring (bicyclic) bond motifs is 1. The second-order valence-electron chi connectivity index (χ2n) is 7.16. The van der Waals surface area contributed by atoms with E-state index in [4.69, 9.17) is 0 Å². The molecule has 3 aromatic carbocycles. The number of anilines is 1. The molecule has 1 nitrogen and oxygen atoms in total. The first-order chi connectivity index (χ1) is 12.8. The molecule has 4 rings (SSSR count). The third kappa shape index (κ3) is 3.12. The monoisotopic (exact) mass is 365 g/mol. The van der Waals surface area contributed by atoms with Gasteiger partial charge in [-0.3, -0.25) is 0 Å². The maximum Gasteiger partial charge on any atom is 0.126 e. The summed E-state index contributed by atoms with van der Waals surface area (Å²) in [6.45, 7) is 6.13. The fraction of sp³-hybridized carbons (Fsp3) is 0.130. The van der Waals surface area contributed by atoms with E-state index in [0.29, 0.717) is 12.0 Å². The molecule has 3 aromatic rings. The molecule has 0 saturated carbocycles. The Kier molecular flexibility index (Phi) is 4.06. The Morgan fingerprint density at radius 1 is 0.815 bits per heavy atom. The van der Waals surface area contributed by atoms with E-state index in [-0.39, 0.29) is 5.82 Å². The molecule has 0 fully saturated rings. The van der Waals surface area contributed by atoms with Crippen molar-refractivity contribution >= 4 is 5.69 Å². The zero-order valence-electron chi connectivity index (χ0n) is 14.8. The minimum Gasteiger partial charge on any atom is -0.358 e. The van der Waals surface area contributed by atoms with Crippen molar-refractivity contribution < 1.29 is 13.2 Å². The van der Waals surface area contributed by atoms with Crippen molar-refractivity contribution in [2.45, 2.75) is 18.8 Å². The van der Waals surface area contributed by atoms with Crippen LogP contribution in [0.4, 0.5) is 18.9 Å². The summed E-state index contributed by atoms with van der Waals surface area (Å²) in [5.41, 5.74) is 4.59. The number of allylic oxidation sites excluding steroid dienone is 1. The summed E-state index contributed by atoms with van der Waals surface area (Å²) in [7, 11) is 0. The van der Waals surface area contributed by atoms with Gasteiger partial charge in [0.25, 0.3) is 0 Å². The van der Waals surface area contributed by atoms with E-state index in [1.54, 1.807) is 12.1 Å². The quantitative estimate of drug-likeness (QED) is 0.582. The molecule has 0 spiro atoms. The summed E-state index contributed by atoms with van der Waals surface area (Å²) >= 11 is 0. The standard InChI is InChI=1S/C23H18F3N/c1-14-23(2,13-15-9-19(25)12-20(26)10-15)21-11-17(5-8-22(21)27-14)16-3-6-18(24)7-4-16/h3-12,27H,1,13H2,2H3. The Morgan fingerprint density at radius 3 is 2.11 bits per heavy atom. The van der Waals surface area contributed by atoms with Gasteiger partial charge in [-0.25, -0.2) is 13.2 Å². The van der Waals surface area contributed by atoms with Crippen molar-refractivity contribution in [1.29, 1.82) is 0 Å². The lowest BCUT2D eigenvalue weighted by molar-refractivity contribution is 0.554. The summed E-state index contributed by atoms with van der Waals surface area (Å²) < 4.78 is 40.5. The van der Waals surface area contributed by atoms with E-state index >= 15 is 0 Å². The van der Waals surface area contributed by atoms with Gasteiger partial charge in [-0.05, 0) is 72.0 Å². The highest BCUT2D eigenvalue weighted by Crippen LogP contribution is 2.46. The van der Waals surface area contributed by atoms with Gasteiger partial charge in [0.15, 0.2) is 0 Å². The van der Waals surface area contributed by atoms with Crippen molar-refractivity contribution in [2.75, 3.05) is 5.32 Å². The number of hydrogen-bond donors (Lipinski definition) is 1. The first kappa shape index (κ1) is 17.4. The largest absolute Gasteiger partial charge is 0.358 e. The molecule has 1 aliphatic heterocycles. The van der Waals surface area contributed by atoms with Gasteiger partial charge < -0.3 is 5.32 Å². The number of nitrogens with one attached hydrogen (secondary N) is 1. The Balaban J connectivity index is 1.76. The van der Waals surface area contributed by atoms with Crippen molar-refractivity contribution in [2.24, 2.45) is 0 Å². The smallest absolute Gasteiger partial charge is 0.126 e. The van der Waals surface area contributed by atoms with Crippen LogP contribution < -0.4 is 5.32 Å². The van der Waals surface area contributed by atoms with Crippen LogP contribution in [0.3, 0.4) is 0 Å². The van der Waals surface area contributed by atoms with Gasteiger partial charge in [0.1, 0.15) is 17.5 Å². The van der Waals surface area contributed by atoms with Crippen LogP contribution >= 0.6 is 0 Å². The Morgan fingerprint density at radius 2 is 1.44 bits per heavy atom. The third-order valence-corrected chi connectivity index (χ3v) is 5.22. The molecule has 136 valence electrons. The topological polar surface area (TPSA) is 12.0 Å². The summed E-state index contributed by atoms with van der Waals surface area (Å²) in [6.07, 6.45) is 0.410. The average Bonchev–Trinajstić information content (AvgIpc) is 2.85. The molecule has 4 heteroatoms. The molecule has 0 amide bonds. The first-order valence-corrected chi connectivity index (χ1v) is 8.67. The molecule has 0 aliphatic carbocycles. The Bertz CT molecular complexity index is 1020. The van der Waals surface area contributed by atoms with Crippen LogP contribution in [0.15, 0.2) is 72.9 Å². The van der Waals surface area contributed by atoms with Crippen molar-refractivity contribution in [3.05, 3.63) is 102 Å². The molecule has 1 heterocycles. The molecule has 1 N–H and O–H groups in total. The Hall–Kier alpha value is -3.01. The van der Waals surface area contributed by atoms with Crippen LogP contribution in [0.2, 0.25) is 0 Å². The molecule has 1 unspecified atom stereocenters. The molecule has 0 aromatic heterocycles. The predicted molar refractivity (Wildman–Crippen MR) is 102 cm³/mol. The summed E-state index contributed by atoms with van der Waals surface area (Å²) in [5.74, 6) is -1.47. The van der Waals surface area contributed by atoms with Gasteiger partial charge in [0.05, 0.1) is 0 Å². The predicted octanol–water partition coefficient (Wildman–Crippen LogP) is 6.21. The van der Waals surface area contributed by atoms with Gasteiger partial charge in [-0.2, -0.15) is 0 Å². The Labute approximate surface area is 156 Å². The molecule has 1 atom stereocenters. The number of rotatable bonds is 3. The van der Waals surface area contributed by atoms with E-state index in [0.717, 1.165) is 34.1 Å². The number of halogens is 3. The summed E-state index contributed by atoms with van der Waals surface area (Å²) in [6, 6.07) is 15.8. The third-order valence-electron chi connectivity index (χ3n) is 5.22. The van der Waals surface area contributed by atoms with E-state index in [1.807, 2.05) is 25.1 Å². The zero-order chi connectivity index (χ0) is 19.2. The molecule has 27 heavy (non-hydrogen) atoms. The lowest BCUT2D eigenvalue weighted by Crippen LogP contribution is -2.25. The van der Waals surface area contributed by atoms with Crippen LogP contribution in [0, 0.1) is 17.5 Å². The van der Waals surface area contributed by atoms with Crippen molar-refractivity contribution in [3.63, 3.8) is 0 Å². The van der Waals surface area contributed by atoms with E-state index in [1.165, 1.54) is 24.3 Å². The van der Waals surface area contributed by atoms with Crippen LogP contribution in [0.1, 0.15) is 18.1 Å². The van der Waals surface area contributed by atoms with Gasteiger partial charge in [0.2, 0.25) is 0 Å². The van der Waals surface area contributed by atoms with E-state index in [9.17, 15) is 13.2 Å². The van der Waals surface area contributed by atoms with Gasteiger partial charge in [-0.15, -0.1) is 0 Å². The van der Waals surface area contributed by atoms with Gasteiger partial charge in [0, 0.05) is 22.9 Å². The van der Waals surface area contributed by atoms with Gasteiger partial charge >= 0.3 is 0 Å². The fourth-order valence-corrected chi connectivity index (χ4v) is 3.72. The number of benzene rings is 3. The van der Waals surface area contributed by atoms with Crippen molar-refractivity contribution in [1.82, 2.24) is 0 Å². The molecular weight excluding hydrogens is 347 g/mol. The fourth-order valence-electron chi connectivity index (χ4n) is 3.72. The lowest BCUT2D eigenvalue weighted by atomic mass is 9.76. The first-order valence-electron chi connectivity index (χ1n) is 8.67. The van der Waals surface area contributed by atoms with Crippen molar-refractivity contribution in [3.8, 4) is 11.1 Å². The van der Waals surface area contributed by atoms with Gasteiger partial charge in [-0.1, -0.05) is 24.8 Å².